The molecule has 3 amide bonds. The van der Waals surface area contributed by atoms with Crippen molar-refractivity contribution in [2.45, 2.75) is 52.1 Å². The second-order valence-corrected chi connectivity index (χ2v) is 9.05. The second kappa shape index (κ2) is 12.3. The van der Waals surface area contributed by atoms with Crippen molar-refractivity contribution < 1.29 is 28.6 Å². The van der Waals surface area contributed by atoms with E-state index in [1.807, 2.05) is 18.2 Å². The third-order valence-electron chi connectivity index (χ3n) is 5.33. The number of alkyl carbamates (subject to hydrolysis) is 1. The van der Waals surface area contributed by atoms with Crippen molar-refractivity contribution in [1.82, 2.24) is 15.5 Å². The van der Waals surface area contributed by atoms with E-state index in [0.717, 1.165) is 18.4 Å². The molecule has 33 heavy (non-hydrogen) atoms. The number of para-hydroxylation sites is 1. The van der Waals surface area contributed by atoms with Crippen LogP contribution in [0.5, 0.6) is 11.5 Å². The molecule has 1 aromatic rings. The average molecular weight is 464 g/mol. The van der Waals surface area contributed by atoms with Crippen molar-refractivity contribution in [2.75, 3.05) is 40.4 Å². The van der Waals surface area contributed by atoms with Crippen molar-refractivity contribution >= 4 is 17.9 Å². The van der Waals surface area contributed by atoms with Crippen LogP contribution in [0.4, 0.5) is 4.79 Å². The number of hydrogen-bond acceptors (Lipinski definition) is 6. The third kappa shape index (κ3) is 8.47. The van der Waals surface area contributed by atoms with E-state index in [2.05, 4.69) is 10.6 Å². The summed E-state index contributed by atoms with van der Waals surface area (Å²) in [7, 11) is 3.17. The van der Waals surface area contributed by atoms with Crippen LogP contribution in [-0.4, -0.2) is 68.8 Å². The molecule has 1 saturated heterocycles. The predicted octanol–water partition coefficient (Wildman–Crippen LogP) is 2.52. The summed E-state index contributed by atoms with van der Waals surface area (Å²) in [6.07, 6.45) is 1.86. The zero-order valence-electron chi connectivity index (χ0n) is 20.4. The van der Waals surface area contributed by atoms with Crippen molar-refractivity contribution in [3.05, 3.63) is 23.8 Å². The molecule has 1 fully saturated rings. The molecule has 0 aliphatic carbocycles. The Hall–Kier alpha value is -2.97. The highest BCUT2D eigenvalue weighted by atomic mass is 16.6. The maximum atomic E-state index is 12.8. The highest BCUT2D eigenvalue weighted by molar-refractivity contribution is 5.81. The fourth-order valence-corrected chi connectivity index (χ4v) is 3.78. The van der Waals surface area contributed by atoms with Gasteiger partial charge in [-0.3, -0.25) is 9.59 Å². The zero-order valence-corrected chi connectivity index (χ0v) is 20.4. The Bertz CT molecular complexity index is 821. The lowest BCUT2D eigenvalue weighted by atomic mass is 9.96. The molecule has 9 heteroatoms. The Balaban J connectivity index is 1.78. The molecule has 1 aliphatic heterocycles. The van der Waals surface area contributed by atoms with Gasteiger partial charge in [-0.1, -0.05) is 12.1 Å². The fraction of sp³-hybridized carbons (Fsp3) is 0.625. The van der Waals surface area contributed by atoms with E-state index in [0.29, 0.717) is 44.0 Å². The lowest BCUT2D eigenvalue weighted by Gasteiger charge is -2.32. The number of methoxy groups -OCH3 is 2. The van der Waals surface area contributed by atoms with Crippen LogP contribution in [0.15, 0.2) is 18.2 Å². The summed E-state index contributed by atoms with van der Waals surface area (Å²) in [5.41, 5.74) is 0.345. The Morgan fingerprint density at radius 1 is 1.09 bits per heavy atom. The summed E-state index contributed by atoms with van der Waals surface area (Å²) in [4.78, 5) is 38.8. The monoisotopic (exact) mass is 463 g/mol. The number of nitrogens with zero attached hydrogens (tertiary/aromatic N) is 1. The van der Waals surface area contributed by atoms with Crippen LogP contribution in [0.25, 0.3) is 0 Å². The first-order chi connectivity index (χ1) is 15.6. The highest BCUT2D eigenvalue weighted by Gasteiger charge is 2.28. The van der Waals surface area contributed by atoms with E-state index in [4.69, 9.17) is 14.2 Å². The van der Waals surface area contributed by atoms with Gasteiger partial charge in [0.2, 0.25) is 11.8 Å². The Kier molecular flexibility index (Phi) is 9.81. The number of benzene rings is 1. The normalized spacial score (nSPS) is 16.0. The van der Waals surface area contributed by atoms with Gasteiger partial charge in [0.05, 0.1) is 20.1 Å². The van der Waals surface area contributed by atoms with Crippen molar-refractivity contribution in [3.8, 4) is 11.5 Å². The summed E-state index contributed by atoms with van der Waals surface area (Å²) in [5.74, 6) is 0.939. The quantitative estimate of drug-likeness (QED) is 0.545. The molecule has 1 aromatic carbocycles. The first-order valence-electron chi connectivity index (χ1n) is 11.4. The summed E-state index contributed by atoms with van der Waals surface area (Å²) in [6.45, 7) is 7.00. The van der Waals surface area contributed by atoms with E-state index >= 15 is 0 Å². The number of carbonyl (C=O) groups excluding carboxylic acids is 3. The van der Waals surface area contributed by atoms with Crippen molar-refractivity contribution in [1.29, 1.82) is 0 Å². The van der Waals surface area contributed by atoms with Crippen LogP contribution in [0.1, 0.15) is 45.6 Å². The number of ether oxygens (including phenoxy) is 3. The molecular formula is C24H37N3O6. The number of aryl methyl sites for hydroxylation is 1. The number of piperidine rings is 1. The molecule has 9 nitrogen and oxygen atoms in total. The molecule has 1 aliphatic rings. The first kappa shape index (κ1) is 26.3. The predicted molar refractivity (Wildman–Crippen MR) is 124 cm³/mol. The summed E-state index contributed by atoms with van der Waals surface area (Å²) in [5, 5.41) is 5.45. The number of rotatable bonds is 9. The number of nitrogens with one attached hydrogen (secondary N) is 2. The first-order valence-corrected chi connectivity index (χ1v) is 11.4. The standard InChI is InChI=1S/C24H37N3O6/c1-24(2,3)33-23(30)26-14-13-25-22(29)18-9-7-15-27(16-18)20(28)12-11-17-8-6-10-19(31-4)21(17)32-5/h6,8,10,18H,7,9,11-16H2,1-5H3,(H,25,29)(H,26,30). The smallest absolute Gasteiger partial charge is 0.407 e. The molecule has 2 N–H and O–H groups in total. The van der Waals surface area contributed by atoms with E-state index in [9.17, 15) is 14.4 Å². The van der Waals surface area contributed by atoms with Gasteiger partial charge in [0, 0.05) is 32.6 Å². The van der Waals surface area contributed by atoms with Crippen molar-refractivity contribution in [2.24, 2.45) is 5.92 Å². The summed E-state index contributed by atoms with van der Waals surface area (Å²) >= 11 is 0. The molecule has 0 saturated carbocycles. The van der Waals surface area contributed by atoms with Crippen LogP contribution >= 0.6 is 0 Å². The molecule has 0 spiro atoms. The largest absolute Gasteiger partial charge is 0.493 e. The maximum Gasteiger partial charge on any atom is 0.407 e. The van der Waals surface area contributed by atoms with E-state index in [-0.39, 0.29) is 24.3 Å². The minimum Gasteiger partial charge on any atom is -0.493 e. The minimum absolute atomic E-state index is 0.0176. The number of amides is 3. The molecule has 0 aromatic heterocycles. The van der Waals surface area contributed by atoms with Gasteiger partial charge >= 0.3 is 6.09 Å². The van der Waals surface area contributed by atoms with Gasteiger partial charge < -0.3 is 29.7 Å². The van der Waals surface area contributed by atoms with Crippen molar-refractivity contribution in [3.63, 3.8) is 0 Å². The van der Waals surface area contributed by atoms with Gasteiger partial charge in [-0.2, -0.15) is 0 Å². The summed E-state index contributed by atoms with van der Waals surface area (Å²) in [6, 6.07) is 5.62. The van der Waals surface area contributed by atoms with E-state index in [1.165, 1.54) is 0 Å². The maximum absolute atomic E-state index is 12.8. The second-order valence-electron chi connectivity index (χ2n) is 9.05. The van der Waals surface area contributed by atoms with Gasteiger partial charge in [0.25, 0.3) is 0 Å². The number of hydrogen-bond donors (Lipinski definition) is 2. The molecule has 0 bridgehead atoms. The van der Waals surface area contributed by atoms with Gasteiger partial charge in [-0.15, -0.1) is 0 Å². The molecular weight excluding hydrogens is 426 g/mol. The fourth-order valence-electron chi connectivity index (χ4n) is 3.78. The lowest BCUT2D eigenvalue weighted by Crippen LogP contribution is -2.46. The molecule has 1 atom stereocenters. The van der Waals surface area contributed by atoms with Gasteiger partial charge in [-0.05, 0) is 51.7 Å². The van der Waals surface area contributed by atoms with Gasteiger partial charge in [0.15, 0.2) is 11.5 Å². The van der Waals surface area contributed by atoms with Crippen LogP contribution in [0.2, 0.25) is 0 Å². The Morgan fingerprint density at radius 2 is 1.82 bits per heavy atom. The molecule has 1 heterocycles. The minimum atomic E-state index is -0.566. The molecule has 184 valence electrons. The SMILES string of the molecule is COc1cccc(CCC(=O)N2CCCC(C(=O)NCCNC(=O)OC(C)(C)C)C2)c1OC. The number of carbonyl (C=O) groups is 3. The third-order valence-corrected chi connectivity index (χ3v) is 5.33. The van der Waals surface area contributed by atoms with Crippen LogP contribution in [0.3, 0.4) is 0 Å². The molecule has 0 radical (unpaired) electrons. The van der Waals surface area contributed by atoms with Crippen LogP contribution in [-0.2, 0) is 20.7 Å². The van der Waals surface area contributed by atoms with Gasteiger partial charge in [0.1, 0.15) is 5.60 Å². The zero-order chi connectivity index (χ0) is 24.4. The van der Waals surface area contributed by atoms with E-state index < -0.39 is 11.7 Å². The summed E-state index contributed by atoms with van der Waals surface area (Å²) < 4.78 is 15.9. The average Bonchev–Trinajstić information content (AvgIpc) is 2.78. The topological polar surface area (TPSA) is 106 Å². The Labute approximate surface area is 196 Å². The van der Waals surface area contributed by atoms with E-state index in [1.54, 1.807) is 39.9 Å². The molecule has 2 rings (SSSR count). The highest BCUT2D eigenvalue weighted by Crippen LogP contribution is 2.31. The molecule has 1 unspecified atom stereocenters. The lowest BCUT2D eigenvalue weighted by molar-refractivity contribution is -0.135. The number of likely N-dealkylation sites (tertiary alicyclic amines) is 1. The Morgan fingerprint density at radius 3 is 2.48 bits per heavy atom. The van der Waals surface area contributed by atoms with Crippen LogP contribution in [0, 0.1) is 5.92 Å². The van der Waals surface area contributed by atoms with Gasteiger partial charge in [-0.25, -0.2) is 4.79 Å². The van der Waals surface area contributed by atoms with Crippen LogP contribution < -0.4 is 20.1 Å².